The lowest BCUT2D eigenvalue weighted by Crippen LogP contribution is -2.25. The Morgan fingerprint density at radius 1 is 0.889 bits per heavy atom. The highest BCUT2D eigenvalue weighted by atomic mass is 32.2. The van der Waals surface area contributed by atoms with Crippen molar-refractivity contribution in [3.05, 3.63) is 78.4 Å². The molecule has 0 aliphatic carbocycles. The SMILES string of the molecule is O=S1(=O)c2ccc(-c3ccncc3)cc2C2CN(Cc3ccncc3)CC21. The fourth-order valence-electron chi connectivity index (χ4n) is 4.32. The molecule has 4 heterocycles. The van der Waals surface area contributed by atoms with Crippen molar-refractivity contribution in [2.75, 3.05) is 13.1 Å². The van der Waals surface area contributed by atoms with Gasteiger partial charge in [-0.15, -0.1) is 0 Å². The molecular formula is C21H19N3O2S. The summed E-state index contributed by atoms with van der Waals surface area (Å²) in [6.45, 7) is 2.10. The monoisotopic (exact) mass is 377 g/mol. The summed E-state index contributed by atoms with van der Waals surface area (Å²) in [4.78, 5) is 10.9. The molecular weight excluding hydrogens is 358 g/mol. The molecule has 1 fully saturated rings. The topological polar surface area (TPSA) is 63.2 Å². The van der Waals surface area contributed by atoms with Crippen molar-refractivity contribution in [3.8, 4) is 11.1 Å². The smallest absolute Gasteiger partial charge is 0.183 e. The van der Waals surface area contributed by atoms with Gasteiger partial charge in [-0.2, -0.15) is 0 Å². The van der Waals surface area contributed by atoms with Crippen molar-refractivity contribution >= 4 is 9.84 Å². The first-order valence-corrected chi connectivity index (χ1v) is 10.6. The summed E-state index contributed by atoms with van der Waals surface area (Å²) in [7, 11) is -3.27. The number of nitrogens with zero attached hydrogens (tertiary/aromatic N) is 3. The van der Waals surface area contributed by atoms with E-state index < -0.39 is 9.84 Å². The zero-order chi connectivity index (χ0) is 18.4. The molecule has 2 aliphatic rings. The number of hydrogen-bond donors (Lipinski definition) is 0. The average Bonchev–Trinajstić information content (AvgIpc) is 3.21. The van der Waals surface area contributed by atoms with Crippen LogP contribution in [0.15, 0.2) is 72.1 Å². The summed E-state index contributed by atoms with van der Waals surface area (Å²) < 4.78 is 26.1. The van der Waals surface area contributed by atoms with Crippen molar-refractivity contribution in [1.82, 2.24) is 14.9 Å². The minimum absolute atomic E-state index is 0.0358. The van der Waals surface area contributed by atoms with Crippen LogP contribution in [0.1, 0.15) is 17.0 Å². The van der Waals surface area contributed by atoms with E-state index in [1.54, 1.807) is 30.9 Å². The third-order valence-electron chi connectivity index (χ3n) is 5.63. The second-order valence-corrected chi connectivity index (χ2v) is 9.36. The highest BCUT2D eigenvalue weighted by Crippen LogP contribution is 2.46. The minimum atomic E-state index is -3.27. The molecule has 0 spiro atoms. The molecule has 1 saturated heterocycles. The van der Waals surface area contributed by atoms with Crippen LogP contribution in [0.25, 0.3) is 11.1 Å². The number of benzene rings is 1. The maximum atomic E-state index is 13.1. The average molecular weight is 377 g/mol. The van der Waals surface area contributed by atoms with Gasteiger partial charge in [-0.25, -0.2) is 8.42 Å². The first-order valence-electron chi connectivity index (χ1n) is 9.02. The van der Waals surface area contributed by atoms with Gasteiger partial charge in [0.25, 0.3) is 0 Å². The maximum absolute atomic E-state index is 13.1. The van der Waals surface area contributed by atoms with Crippen LogP contribution in [0.5, 0.6) is 0 Å². The normalized spacial score (nSPS) is 23.1. The Morgan fingerprint density at radius 2 is 1.59 bits per heavy atom. The largest absolute Gasteiger partial charge is 0.297 e. The fraction of sp³-hybridized carbons (Fsp3) is 0.238. The van der Waals surface area contributed by atoms with Gasteiger partial charge in [0.2, 0.25) is 0 Å². The quantitative estimate of drug-likeness (QED) is 0.702. The molecule has 2 aliphatic heterocycles. The lowest BCUT2D eigenvalue weighted by atomic mass is 9.95. The standard InChI is InChI=1S/C21H19N3O2S/c25-27(26)20-2-1-17(16-5-9-23-10-6-16)11-18(20)19-13-24(14-21(19)27)12-15-3-7-22-8-4-15/h1-11,19,21H,12-14H2. The Bertz CT molecular complexity index is 1080. The van der Waals surface area contributed by atoms with Gasteiger partial charge in [-0.1, -0.05) is 6.07 Å². The first-order chi connectivity index (χ1) is 13.1. The van der Waals surface area contributed by atoms with Crippen molar-refractivity contribution in [3.63, 3.8) is 0 Å². The molecule has 5 nitrogen and oxygen atoms in total. The summed E-state index contributed by atoms with van der Waals surface area (Å²) in [6, 6.07) is 13.6. The van der Waals surface area contributed by atoms with Crippen molar-refractivity contribution < 1.29 is 8.42 Å². The summed E-state index contributed by atoms with van der Waals surface area (Å²) in [5.41, 5.74) is 4.22. The molecule has 27 heavy (non-hydrogen) atoms. The minimum Gasteiger partial charge on any atom is -0.297 e. The van der Waals surface area contributed by atoms with E-state index in [-0.39, 0.29) is 11.2 Å². The van der Waals surface area contributed by atoms with Crippen LogP contribution in [0.2, 0.25) is 0 Å². The van der Waals surface area contributed by atoms with Crippen LogP contribution in [0.3, 0.4) is 0 Å². The van der Waals surface area contributed by atoms with E-state index in [1.165, 1.54) is 0 Å². The van der Waals surface area contributed by atoms with Crippen LogP contribution >= 0.6 is 0 Å². The molecule has 2 atom stereocenters. The molecule has 2 unspecified atom stereocenters. The summed E-state index contributed by atoms with van der Waals surface area (Å²) >= 11 is 0. The lowest BCUT2D eigenvalue weighted by Gasteiger charge is -2.17. The molecule has 0 N–H and O–H groups in total. The van der Waals surface area contributed by atoms with Gasteiger partial charge >= 0.3 is 0 Å². The molecule has 6 heteroatoms. The van der Waals surface area contributed by atoms with Crippen molar-refractivity contribution in [2.24, 2.45) is 0 Å². The maximum Gasteiger partial charge on any atom is 0.183 e. The van der Waals surface area contributed by atoms with E-state index in [0.29, 0.717) is 11.4 Å². The first kappa shape index (κ1) is 16.6. The van der Waals surface area contributed by atoms with Gasteiger partial charge in [0.15, 0.2) is 9.84 Å². The zero-order valence-electron chi connectivity index (χ0n) is 14.7. The Labute approximate surface area is 158 Å². The number of likely N-dealkylation sites (tertiary alicyclic amines) is 1. The molecule has 0 amide bonds. The third-order valence-corrected chi connectivity index (χ3v) is 7.88. The Balaban J connectivity index is 1.49. The Hall–Kier alpha value is -2.57. The van der Waals surface area contributed by atoms with Gasteiger partial charge in [0.1, 0.15) is 0 Å². The van der Waals surface area contributed by atoms with Crippen LogP contribution in [0.4, 0.5) is 0 Å². The fourth-order valence-corrected chi connectivity index (χ4v) is 6.52. The molecule has 136 valence electrons. The van der Waals surface area contributed by atoms with E-state index in [4.69, 9.17) is 0 Å². The number of hydrogen-bond acceptors (Lipinski definition) is 5. The number of rotatable bonds is 3. The van der Waals surface area contributed by atoms with E-state index in [9.17, 15) is 8.42 Å². The van der Waals surface area contributed by atoms with Crippen molar-refractivity contribution in [2.45, 2.75) is 22.6 Å². The molecule has 0 saturated carbocycles. The summed E-state index contributed by atoms with van der Waals surface area (Å²) in [6.07, 6.45) is 7.07. The molecule has 0 radical (unpaired) electrons. The van der Waals surface area contributed by atoms with E-state index in [1.807, 2.05) is 30.3 Å². The second kappa shape index (κ2) is 6.25. The van der Waals surface area contributed by atoms with Crippen molar-refractivity contribution in [1.29, 1.82) is 0 Å². The van der Waals surface area contributed by atoms with Crippen LogP contribution < -0.4 is 0 Å². The second-order valence-electron chi connectivity index (χ2n) is 7.23. The lowest BCUT2D eigenvalue weighted by molar-refractivity contribution is 0.325. The van der Waals surface area contributed by atoms with E-state index >= 15 is 0 Å². The van der Waals surface area contributed by atoms with E-state index in [0.717, 1.165) is 35.3 Å². The van der Waals surface area contributed by atoms with Crippen LogP contribution in [-0.4, -0.2) is 41.6 Å². The van der Waals surface area contributed by atoms with E-state index in [2.05, 4.69) is 20.9 Å². The van der Waals surface area contributed by atoms with Gasteiger partial charge in [-0.3, -0.25) is 14.9 Å². The predicted molar refractivity (Wildman–Crippen MR) is 103 cm³/mol. The molecule has 1 aromatic carbocycles. The predicted octanol–water partition coefficient (Wildman–Crippen LogP) is 2.90. The number of pyridine rings is 2. The summed E-state index contributed by atoms with van der Waals surface area (Å²) in [5.74, 6) is 0.0358. The number of sulfone groups is 1. The summed E-state index contributed by atoms with van der Waals surface area (Å²) in [5, 5.41) is -0.345. The Morgan fingerprint density at radius 3 is 2.33 bits per heavy atom. The zero-order valence-corrected chi connectivity index (χ0v) is 15.5. The van der Waals surface area contributed by atoms with Gasteiger partial charge in [0.05, 0.1) is 10.1 Å². The van der Waals surface area contributed by atoms with Crippen LogP contribution in [-0.2, 0) is 16.4 Å². The third kappa shape index (κ3) is 2.76. The highest BCUT2D eigenvalue weighted by molar-refractivity contribution is 7.92. The molecule has 5 rings (SSSR count). The molecule has 3 aromatic rings. The number of aromatic nitrogens is 2. The number of fused-ring (bicyclic) bond motifs is 3. The molecule has 0 bridgehead atoms. The van der Waals surface area contributed by atoms with Crippen LogP contribution in [0, 0.1) is 0 Å². The molecule has 2 aromatic heterocycles. The van der Waals surface area contributed by atoms with Gasteiger partial charge < -0.3 is 0 Å². The highest BCUT2D eigenvalue weighted by Gasteiger charge is 2.50. The van der Waals surface area contributed by atoms with Gasteiger partial charge in [0, 0.05) is 50.3 Å². The van der Waals surface area contributed by atoms with Gasteiger partial charge in [-0.05, 0) is 58.7 Å². The Kier molecular flexibility index (Phi) is 3.84.